The Kier molecular flexibility index (Phi) is 3.74. The van der Waals surface area contributed by atoms with Crippen molar-refractivity contribution in [2.45, 2.75) is 32.8 Å². The zero-order valence-electron chi connectivity index (χ0n) is 11.9. The van der Waals surface area contributed by atoms with E-state index in [9.17, 15) is 5.11 Å². The molecule has 1 aliphatic rings. The second-order valence-electron chi connectivity index (χ2n) is 5.41. The van der Waals surface area contributed by atoms with E-state index in [0.29, 0.717) is 0 Å². The SMILES string of the molecule is Cc1nn(-c2ccc(N3CCCCC3)cc2)cc1CO. The average Bonchev–Trinajstić information content (AvgIpc) is 2.89. The third-order valence-electron chi connectivity index (χ3n) is 4.01. The molecule has 2 heterocycles. The van der Waals surface area contributed by atoms with E-state index in [1.165, 1.54) is 24.9 Å². The molecule has 0 radical (unpaired) electrons. The van der Waals surface area contributed by atoms with Crippen LogP contribution >= 0.6 is 0 Å². The zero-order chi connectivity index (χ0) is 13.9. The number of benzene rings is 1. The predicted octanol–water partition coefficient (Wildman–Crippen LogP) is 2.66. The van der Waals surface area contributed by atoms with Gasteiger partial charge in [-0.1, -0.05) is 0 Å². The molecule has 2 aromatic rings. The summed E-state index contributed by atoms with van der Waals surface area (Å²) in [7, 11) is 0. The van der Waals surface area contributed by atoms with Gasteiger partial charge in [0.15, 0.2) is 0 Å². The van der Waals surface area contributed by atoms with Crippen LogP contribution in [0.4, 0.5) is 5.69 Å². The number of hydrogen-bond acceptors (Lipinski definition) is 3. The van der Waals surface area contributed by atoms with Gasteiger partial charge in [-0.3, -0.25) is 0 Å². The summed E-state index contributed by atoms with van der Waals surface area (Å²) in [6.07, 6.45) is 5.83. The molecule has 0 bridgehead atoms. The van der Waals surface area contributed by atoms with Crippen molar-refractivity contribution in [3.05, 3.63) is 41.7 Å². The lowest BCUT2D eigenvalue weighted by Gasteiger charge is -2.28. The Labute approximate surface area is 119 Å². The third-order valence-corrected chi connectivity index (χ3v) is 4.01. The number of rotatable bonds is 3. The van der Waals surface area contributed by atoms with Crippen LogP contribution in [-0.2, 0) is 6.61 Å². The summed E-state index contributed by atoms with van der Waals surface area (Å²) in [5, 5.41) is 13.7. The van der Waals surface area contributed by atoms with Gasteiger partial charge in [0.05, 0.1) is 18.0 Å². The monoisotopic (exact) mass is 271 g/mol. The van der Waals surface area contributed by atoms with Crippen LogP contribution < -0.4 is 4.90 Å². The molecule has 0 unspecified atom stereocenters. The Morgan fingerprint density at radius 3 is 2.30 bits per heavy atom. The van der Waals surface area contributed by atoms with E-state index >= 15 is 0 Å². The maximum absolute atomic E-state index is 9.23. The first kappa shape index (κ1) is 13.2. The minimum Gasteiger partial charge on any atom is -0.392 e. The molecular formula is C16H21N3O. The number of anilines is 1. The van der Waals surface area contributed by atoms with Gasteiger partial charge in [-0.05, 0) is 50.5 Å². The molecule has 1 saturated heterocycles. The van der Waals surface area contributed by atoms with Crippen molar-refractivity contribution >= 4 is 5.69 Å². The molecule has 20 heavy (non-hydrogen) atoms. The van der Waals surface area contributed by atoms with E-state index in [-0.39, 0.29) is 6.61 Å². The zero-order valence-corrected chi connectivity index (χ0v) is 11.9. The first-order valence-electron chi connectivity index (χ1n) is 7.29. The van der Waals surface area contributed by atoms with Crippen molar-refractivity contribution in [2.24, 2.45) is 0 Å². The maximum atomic E-state index is 9.23. The number of aliphatic hydroxyl groups excluding tert-OH is 1. The number of hydrogen-bond donors (Lipinski definition) is 1. The highest BCUT2D eigenvalue weighted by Crippen LogP contribution is 2.21. The number of aliphatic hydroxyl groups is 1. The molecule has 0 atom stereocenters. The molecule has 4 nitrogen and oxygen atoms in total. The highest BCUT2D eigenvalue weighted by Gasteiger charge is 2.11. The van der Waals surface area contributed by atoms with Crippen LogP contribution in [0.1, 0.15) is 30.5 Å². The second kappa shape index (κ2) is 5.67. The number of aromatic nitrogens is 2. The molecule has 1 aromatic heterocycles. The summed E-state index contributed by atoms with van der Waals surface area (Å²) in [6, 6.07) is 8.52. The third kappa shape index (κ3) is 2.56. The quantitative estimate of drug-likeness (QED) is 0.933. The van der Waals surface area contributed by atoms with Gasteiger partial charge in [0.2, 0.25) is 0 Å². The lowest BCUT2D eigenvalue weighted by atomic mass is 10.1. The summed E-state index contributed by atoms with van der Waals surface area (Å²) >= 11 is 0. The van der Waals surface area contributed by atoms with Gasteiger partial charge in [0.25, 0.3) is 0 Å². The minimum absolute atomic E-state index is 0.0394. The lowest BCUT2D eigenvalue weighted by Crippen LogP contribution is -2.29. The van der Waals surface area contributed by atoms with Crippen LogP contribution in [-0.4, -0.2) is 28.0 Å². The summed E-state index contributed by atoms with van der Waals surface area (Å²) in [5.74, 6) is 0. The van der Waals surface area contributed by atoms with E-state index in [4.69, 9.17) is 0 Å². The largest absolute Gasteiger partial charge is 0.392 e. The molecule has 3 rings (SSSR count). The van der Waals surface area contributed by atoms with Crippen LogP contribution in [0.2, 0.25) is 0 Å². The summed E-state index contributed by atoms with van der Waals surface area (Å²) < 4.78 is 1.83. The van der Waals surface area contributed by atoms with Crippen molar-refractivity contribution < 1.29 is 5.11 Å². The molecule has 0 spiro atoms. The van der Waals surface area contributed by atoms with Gasteiger partial charge in [-0.15, -0.1) is 0 Å². The van der Waals surface area contributed by atoms with Gasteiger partial charge in [-0.25, -0.2) is 4.68 Å². The predicted molar refractivity (Wildman–Crippen MR) is 80.3 cm³/mol. The highest BCUT2D eigenvalue weighted by atomic mass is 16.3. The molecule has 0 aliphatic carbocycles. The first-order valence-corrected chi connectivity index (χ1v) is 7.29. The van der Waals surface area contributed by atoms with E-state index in [1.54, 1.807) is 0 Å². The molecular weight excluding hydrogens is 250 g/mol. The van der Waals surface area contributed by atoms with E-state index in [1.807, 2.05) is 17.8 Å². The molecule has 1 aromatic carbocycles. The smallest absolute Gasteiger partial charge is 0.0715 e. The normalized spacial score (nSPS) is 15.6. The van der Waals surface area contributed by atoms with Crippen molar-refractivity contribution in [3.63, 3.8) is 0 Å². The Bertz CT molecular complexity index is 568. The van der Waals surface area contributed by atoms with Crippen LogP contribution in [0, 0.1) is 6.92 Å². The van der Waals surface area contributed by atoms with Crippen molar-refractivity contribution in [2.75, 3.05) is 18.0 Å². The minimum atomic E-state index is 0.0394. The Hall–Kier alpha value is -1.81. The van der Waals surface area contributed by atoms with Crippen LogP contribution in [0.15, 0.2) is 30.5 Å². The van der Waals surface area contributed by atoms with Gasteiger partial charge < -0.3 is 10.0 Å². The molecule has 1 fully saturated rings. The number of aryl methyl sites for hydroxylation is 1. The molecule has 4 heteroatoms. The standard InChI is InChI=1S/C16H21N3O/c1-13-14(12-20)11-19(17-13)16-7-5-15(6-8-16)18-9-3-2-4-10-18/h5-8,11,20H,2-4,9-10,12H2,1H3. The highest BCUT2D eigenvalue weighted by molar-refractivity contribution is 5.51. The topological polar surface area (TPSA) is 41.3 Å². The molecule has 1 N–H and O–H groups in total. The lowest BCUT2D eigenvalue weighted by molar-refractivity contribution is 0.281. The maximum Gasteiger partial charge on any atom is 0.0715 e. The fourth-order valence-electron chi connectivity index (χ4n) is 2.75. The summed E-state index contributed by atoms with van der Waals surface area (Å²) in [6.45, 7) is 4.28. The number of piperidine rings is 1. The molecule has 1 aliphatic heterocycles. The van der Waals surface area contributed by atoms with Crippen LogP contribution in [0.3, 0.4) is 0 Å². The van der Waals surface area contributed by atoms with Crippen molar-refractivity contribution in [1.82, 2.24) is 9.78 Å². The van der Waals surface area contributed by atoms with E-state index in [0.717, 1.165) is 30.0 Å². The molecule has 0 amide bonds. The van der Waals surface area contributed by atoms with Crippen LogP contribution in [0.25, 0.3) is 5.69 Å². The van der Waals surface area contributed by atoms with Crippen molar-refractivity contribution in [3.8, 4) is 5.69 Å². The second-order valence-corrected chi connectivity index (χ2v) is 5.41. The Morgan fingerprint density at radius 2 is 1.70 bits per heavy atom. The van der Waals surface area contributed by atoms with Gasteiger partial charge >= 0.3 is 0 Å². The first-order chi connectivity index (χ1) is 9.78. The fraction of sp³-hybridized carbons (Fsp3) is 0.438. The van der Waals surface area contributed by atoms with Crippen molar-refractivity contribution in [1.29, 1.82) is 0 Å². The number of nitrogens with zero attached hydrogens (tertiary/aromatic N) is 3. The fourth-order valence-corrected chi connectivity index (χ4v) is 2.75. The Balaban J connectivity index is 1.81. The summed E-state index contributed by atoms with van der Waals surface area (Å²) in [4.78, 5) is 2.45. The van der Waals surface area contributed by atoms with Crippen LogP contribution in [0.5, 0.6) is 0 Å². The molecule has 0 saturated carbocycles. The van der Waals surface area contributed by atoms with E-state index in [2.05, 4.69) is 34.3 Å². The van der Waals surface area contributed by atoms with Gasteiger partial charge in [-0.2, -0.15) is 5.10 Å². The van der Waals surface area contributed by atoms with Gasteiger partial charge in [0.1, 0.15) is 0 Å². The molecule has 106 valence electrons. The average molecular weight is 271 g/mol. The summed E-state index contributed by atoms with van der Waals surface area (Å²) in [5.41, 5.74) is 4.09. The van der Waals surface area contributed by atoms with Gasteiger partial charge in [0, 0.05) is 30.5 Å². The Morgan fingerprint density at radius 1 is 1.05 bits per heavy atom. The van der Waals surface area contributed by atoms with E-state index < -0.39 is 0 Å².